The molecule has 0 aromatic carbocycles. The van der Waals surface area contributed by atoms with E-state index in [9.17, 15) is 4.79 Å². The van der Waals surface area contributed by atoms with E-state index in [1.54, 1.807) is 11.6 Å². The first-order valence-corrected chi connectivity index (χ1v) is 5.24. The quantitative estimate of drug-likeness (QED) is 0.906. The van der Waals surface area contributed by atoms with Crippen LogP contribution in [0.2, 0.25) is 0 Å². The molecule has 0 radical (unpaired) electrons. The molecule has 72 valence electrons. The largest absolute Gasteiger partial charge is 0.476 e. The first-order valence-electron chi connectivity index (χ1n) is 3.57. The molecule has 0 saturated heterocycles. The molecule has 1 N–H and O–H groups in total. The summed E-state index contributed by atoms with van der Waals surface area (Å²) in [5, 5.41) is 14.9. The number of hydrogen-bond donors (Lipinski definition) is 1. The van der Waals surface area contributed by atoms with Crippen molar-refractivity contribution in [3.8, 4) is 5.13 Å². The van der Waals surface area contributed by atoms with Crippen LogP contribution in [-0.2, 0) is 0 Å². The number of halogens is 1. The van der Waals surface area contributed by atoms with Crippen molar-refractivity contribution < 1.29 is 9.90 Å². The number of hydrogen-bond acceptors (Lipinski definition) is 4. The molecule has 0 spiro atoms. The maximum Gasteiger partial charge on any atom is 0.356 e. The van der Waals surface area contributed by atoms with E-state index in [0.717, 1.165) is 0 Å². The Morgan fingerprint density at radius 2 is 2.43 bits per heavy atom. The monoisotopic (exact) mass is 273 g/mol. The van der Waals surface area contributed by atoms with Gasteiger partial charge >= 0.3 is 5.97 Å². The van der Waals surface area contributed by atoms with Gasteiger partial charge in [-0.25, -0.2) is 14.5 Å². The minimum absolute atomic E-state index is 0.0105. The Labute approximate surface area is 91.1 Å². The number of thiazole rings is 1. The second kappa shape index (κ2) is 3.50. The van der Waals surface area contributed by atoms with E-state index in [1.165, 1.54) is 22.1 Å². The van der Waals surface area contributed by atoms with Gasteiger partial charge in [0.05, 0.1) is 0 Å². The number of carboxylic acid groups (broad SMARTS) is 1. The van der Waals surface area contributed by atoms with Gasteiger partial charge < -0.3 is 5.11 Å². The Morgan fingerprint density at radius 3 is 2.93 bits per heavy atom. The highest BCUT2D eigenvalue weighted by Gasteiger charge is 2.09. The molecule has 0 unspecified atom stereocenters. The van der Waals surface area contributed by atoms with Gasteiger partial charge in [-0.05, 0) is 22.0 Å². The highest BCUT2D eigenvalue weighted by Crippen LogP contribution is 2.18. The Kier molecular flexibility index (Phi) is 2.34. The Bertz CT molecular complexity index is 479. The molecule has 2 aromatic heterocycles. The fourth-order valence-corrected chi connectivity index (χ4v) is 2.08. The molecule has 0 atom stereocenters. The van der Waals surface area contributed by atoms with E-state index in [1.807, 2.05) is 0 Å². The molecule has 7 heteroatoms. The normalized spacial score (nSPS) is 10.4. The van der Waals surface area contributed by atoms with Gasteiger partial charge in [-0.1, -0.05) is 0 Å². The van der Waals surface area contributed by atoms with Crippen LogP contribution in [0.1, 0.15) is 10.5 Å². The van der Waals surface area contributed by atoms with Crippen molar-refractivity contribution in [2.45, 2.75) is 0 Å². The maximum absolute atomic E-state index is 10.5. The van der Waals surface area contributed by atoms with E-state index in [0.29, 0.717) is 9.73 Å². The lowest BCUT2D eigenvalue weighted by molar-refractivity contribution is 0.0690. The van der Waals surface area contributed by atoms with Gasteiger partial charge in [-0.3, -0.25) is 0 Å². The van der Waals surface area contributed by atoms with Gasteiger partial charge in [0.2, 0.25) is 5.13 Å². The third kappa shape index (κ3) is 1.68. The Hall–Kier alpha value is -1.21. The molecular weight excluding hydrogens is 270 g/mol. The predicted octanol–water partition coefficient (Wildman–Crippen LogP) is 1.79. The molecule has 14 heavy (non-hydrogen) atoms. The highest BCUT2D eigenvalue weighted by atomic mass is 79.9. The summed E-state index contributed by atoms with van der Waals surface area (Å²) in [6.45, 7) is 0. The second-order valence-electron chi connectivity index (χ2n) is 2.40. The molecule has 0 aliphatic heterocycles. The summed E-state index contributed by atoms with van der Waals surface area (Å²) >= 11 is 4.58. The van der Waals surface area contributed by atoms with Crippen molar-refractivity contribution in [2.24, 2.45) is 0 Å². The number of aromatic carboxylic acids is 1. The van der Waals surface area contributed by atoms with Crippen LogP contribution in [0.5, 0.6) is 0 Å². The van der Waals surface area contributed by atoms with Crippen molar-refractivity contribution in [1.82, 2.24) is 14.8 Å². The van der Waals surface area contributed by atoms with Gasteiger partial charge in [0.25, 0.3) is 0 Å². The van der Waals surface area contributed by atoms with Crippen LogP contribution in [0, 0.1) is 0 Å². The van der Waals surface area contributed by atoms with Crippen molar-refractivity contribution in [3.05, 3.63) is 27.9 Å². The van der Waals surface area contributed by atoms with Crippen LogP contribution in [0.15, 0.2) is 22.2 Å². The molecule has 0 aliphatic carbocycles. The molecular formula is C7H4BrN3O2S. The first-order chi connectivity index (χ1) is 6.66. The van der Waals surface area contributed by atoms with E-state index in [4.69, 9.17) is 5.11 Å². The molecule has 2 rings (SSSR count). The molecule has 2 aromatic rings. The van der Waals surface area contributed by atoms with Crippen LogP contribution < -0.4 is 0 Å². The summed E-state index contributed by atoms with van der Waals surface area (Å²) in [7, 11) is 0. The maximum atomic E-state index is 10.5. The zero-order valence-corrected chi connectivity index (χ0v) is 9.12. The number of nitrogens with zero attached hydrogens (tertiary/aromatic N) is 3. The topological polar surface area (TPSA) is 68.0 Å². The van der Waals surface area contributed by atoms with Crippen LogP contribution >= 0.6 is 27.3 Å². The summed E-state index contributed by atoms with van der Waals surface area (Å²) in [6, 6.07) is 1.43. The first kappa shape index (κ1) is 9.35. The van der Waals surface area contributed by atoms with E-state index >= 15 is 0 Å². The number of carboxylic acids is 1. The molecule has 0 amide bonds. The van der Waals surface area contributed by atoms with E-state index in [-0.39, 0.29) is 5.69 Å². The lowest BCUT2D eigenvalue weighted by Gasteiger charge is -1.91. The summed E-state index contributed by atoms with van der Waals surface area (Å²) in [4.78, 5) is 14.6. The smallest absolute Gasteiger partial charge is 0.356 e. The van der Waals surface area contributed by atoms with Crippen LogP contribution in [0.4, 0.5) is 0 Å². The average Bonchev–Trinajstić information content (AvgIpc) is 2.70. The SMILES string of the molecule is O=C(O)c1ccn(-c2nc(Br)cs2)n1. The van der Waals surface area contributed by atoms with Gasteiger partial charge in [0, 0.05) is 11.6 Å². The predicted molar refractivity (Wildman–Crippen MR) is 53.9 cm³/mol. The average molecular weight is 274 g/mol. The lowest BCUT2D eigenvalue weighted by Crippen LogP contribution is -2.00. The van der Waals surface area contributed by atoms with E-state index in [2.05, 4.69) is 26.0 Å². The summed E-state index contributed by atoms with van der Waals surface area (Å²) in [5.74, 6) is -1.04. The van der Waals surface area contributed by atoms with Crippen molar-refractivity contribution in [1.29, 1.82) is 0 Å². The molecule has 5 nitrogen and oxygen atoms in total. The minimum Gasteiger partial charge on any atom is -0.476 e. The Balaban J connectivity index is 2.38. The number of aromatic nitrogens is 3. The summed E-state index contributed by atoms with van der Waals surface area (Å²) in [6.07, 6.45) is 1.56. The summed E-state index contributed by atoms with van der Waals surface area (Å²) in [5.41, 5.74) is 0.0105. The van der Waals surface area contributed by atoms with Crippen LogP contribution in [0.3, 0.4) is 0 Å². The molecule has 0 aliphatic rings. The second-order valence-corrected chi connectivity index (χ2v) is 4.05. The van der Waals surface area contributed by atoms with Crippen LogP contribution in [0.25, 0.3) is 5.13 Å². The zero-order chi connectivity index (χ0) is 10.1. The minimum atomic E-state index is -1.04. The van der Waals surface area contributed by atoms with Crippen molar-refractivity contribution in [3.63, 3.8) is 0 Å². The lowest BCUT2D eigenvalue weighted by atomic mass is 10.5. The Morgan fingerprint density at radius 1 is 1.64 bits per heavy atom. The van der Waals surface area contributed by atoms with Crippen molar-refractivity contribution in [2.75, 3.05) is 0 Å². The standard InChI is InChI=1S/C7H4BrN3O2S/c8-5-3-14-7(9-5)11-2-1-4(10-11)6(12)13/h1-3H,(H,12,13). The van der Waals surface area contributed by atoms with Gasteiger partial charge in [0.15, 0.2) is 5.69 Å². The third-order valence-corrected chi connectivity index (χ3v) is 3.01. The molecule has 2 heterocycles. The van der Waals surface area contributed by atoms with Gasteiger partial charge in [-0.2, -0.15) is 5.10 Å². The molecule has 0 bridgehead atoms. The van der Waals surface area contributed by atoms with Gasteiger partial charge in [-0.15, -0.1) is 11.3 Å². The molecule has 0 fully saturated rings. The summed E-state index contributed by atoms with van der Waals surface area (Å²) < 4.78 is 2.14. The van der Waals surface area contributed by atoms with Gasteiger partial charge in [0.1, 0.15) is 4.60 Å². The third-order valence-electron chi connectivity index (χ3n) is 1.47. The van der Waals surface area contributed by atoms with Crippen molar-refractivity contribution >= 4 is 33.2 Å². The zero-order valence-electron chi connectivity index (χ0n) is 6.72. The number of rotatable bonds is 2. The van der Waals surface area contributed by atoms with E-state index < -0.39 is 5.97 Å². The molecule has 0 saturated carbocycles. The van der Waals surface area contributed by atoms with Crippen LogP contribution in [-0.4, -0.2) is 25.8 Å². The fourth-order valence-electron chi connectivity index (χ4n) is 0.895. The fraction of sp³-hybridized carbons (Fsp3) is 0. The highest BCUT2D eigenvalue weighted by molar-refractivity contribution is 9.10. The number of carbonyl (C=O) groups is 1.